The van der Waals surface area contributed by atoms with Gasteiger partial charge in [-0.3, -0.25) is 0 Å². The van der Waals surface area contributed by atoms with Crippen molar-refractivity contribution in [1.82, 2.24) is 0 Å². The Bertz CT molecular complexity index is 438. The third-order valence-electron chi connectivity index (χ3n) is 4.53. The largest absolute Gasteiger partial charge is 0.382 e. The molecule has 2 aliphatic rings. The summed E-state index contributed by atoms with van der Waals surface area (Å²) in [6.45, 7) is 2.30. The number of anilines is 2. The quantitative estimate of drug-likeness (QED) is 0.770. The van der Waals surface area contributed by atoms with E-state index >= 15 is 0 Å². The fourth-order valence-corrected chi connectivity index (χ4v) is 4.06. The van der Waals surface area contributed by atoms with Crippen LogP contribution in [0.25, 0.3) is 0 Å². The molecule has 1 N–H and O–H groups in total. The van der Waals surface area contributed by atoms with Crippen molar-refractivity contribution >= 4 is 27.3 Å². The van der Waals surface area contributed by atoms with E-state index in [1.165, 1.54) is 54.5 Å². The molecule has 98 valence electrons. The number of benzene rings is 1. The van der Waals surface area contributed by atoms with Gasteiger partial charge >= 0.3 is 0 Å². The SMILES string of the molecule is CN1CC2(CCCCC2)CNc2c(Br)cccc21. The Hall–Kier alpha value is -0.700. The summed E-state index contributed by atoms with van der Waals surface area (Å²) < 4.78 is 1.18. The minimum Gasteiger partial charge on any atom is -0.382 e. The van der Waals surface area contributed by atoms with Crippen molar-refractivity contribution in [3.05, 3.63) is 22.7 Å². The second-order valence-corrected chi connectivity index (χ2v) is 6.76. The van der Waals surface area contributed by atoms with E-state index in [2.05, 4.69) is 51.4 Å². The normalized spacial score (nSPS) is 22.2. The molecule has 0 bridgehead atoms. The van der Waals surface area contributed by atoms with Crippen molar-refractivity contribution in [2.24, 2.45) is 5.41 Å². The lowest BCUT2D eigenvalue weighted by molar-refractivity contribution is 0.215. The molecule has 0 unspecified atom stereocenters. The molecule has 1 spiro atoms. The van der Waals surface area contributed by atoms with Crippen molar-refractivity contribution in [3.8, 4) is 0 Å². The van der Waals surface area contributed by atoms with Crippen molar-refractivity contribution in [1.29, 1.82) is 0 Å². The lowest BCUT2D eigenvalue weighted by Crippen LogP contribution is -2.40. The second kappa shape index (κ2) is 4.76. The lowest BCUT2D eigenvalue weighted by atomic mass is 9.74. The van der Waals surface area contributed by atoms with Crippen molar-refractivity contribution < 1.29 is 0 Å². The van der Waals surface area contributed by atoms with E-state index in [0.29, 0.717) is 5.41 Å². The lowest BCUT2D eigenvalue weighted by Gasteiger charge is -2.38. The summed E-state index contributed by atoms with van der Waals surface area (Å²) in [5.41, 5.74) is 3.07. The van der Waals surface area contributed by atoms with Gasteiger partial charge in [0.05, 0.1) is 11.4 Å². The molecule has 1 saturated carbocycles. The molecule has 0 aromatic heterocycles. The van der Waals surface area contributed by atoms with Crippen LogP contribution in [0, 0.1) is 5.41 Å². The minimum atomic E-state index is 0.478. The van der Waals surface area contributed by atoms with Crippen molar-refractivity contribution in [2.75, 3.05) is 30.4 Å². The molecule has 18 heavy (non-hydrogen) atoms. The smallest absolute Gasteiger partial charge is 0.0722 e. The summed E-state index contributed by atoms with van der Waals surface area (Å²) >= 11 is 3.67. The maximum absolute atomic E-state index is 3.70. The Morgan fingerprint density at radius 2 is 2.00 bits per heavy atom. The van der Waals surface area contributed by atoms with Gasteiger partial charge in [-0.25, -0.2) is 0 Å². The summed E-state index contributed by atoms with van der Waals surface area (Å²) in [7, 11) is 2.23. The van der Waals surface area contributed by atoms with Gasteiger partial charge in [0.2, 0.25) is 0 Å². The zero-order valence-corrected chi connectivity index (χ0v) is 12.6. The number of hydrogen-bond donors (Lipinski definition) is 1. The van der Waals surface area contributed by atoms with E-state index in [-0.39, 0.29) is 0 Å². The van der Waals surface area contributed by atoms with E-state index in [0.717, 1.165) is 6.54 Å². The molecule has 2 nitrogen and oxygen atoms in total. The average Bonchev–Trinajstić information content (AvgIpc) is 2.50. The predicted octanol–water partition coefficient (Wildman–Crippen LogP) is 4.26. The summed E-state index contributed by atoms with van der Waals surface area (Å²) in [6.07, 6.45) is 6.95. The molecule has 1 aliphatic heterocycles. The van der Waals surface area contributed by atoms with Crippen LogP contribution in [-0.2, 0) is 0 Å². The van der Waals surface area contributed by atoms with E-state index in [4.69, 9.17) is 0 Å². The summed E-state index contributed by atoms with van der Waals surface area (Å²) in [5, 5.41) is 3.70. The number of rotatable bonds is 0. The van der Waals surface area contributed by atoms with Gasteiger partial charge in [-0.05, 0) is 40.9 Å². The van der Waals surface area contributed by atoms with Gasteiger partial charge in [-0.15, -0.1) is 0 Å². The monoisotopic (exact) mass is 308 g/mol. The third-order valence-corrected chi connectivity index (χ3v) is 5.19. The number of nitrogens with one attached hydrogen (secondary N) is 1. The fraction of sp³-hybridized carbons (Fsp3) is 0.600. The zero-order chi connectivity index (χ0) is 12.6. The van der Waals surface area contributed by atoms with Gasteiger partial charge in [0.1, 0.15) is 0 Å². The summed E-state index contributed by atoms with van der Waals surface area (Å²) in [6, 6.07) is 6.47. The van der Waals surface area contributed by atoms with Gasteiger partial charge < -0.3 is 10.2 Å². The topological polar surface area (TPSA) is 15.3 Å². The van der Waals surface area contributed by atoms with Crippen LogP contribution in [0.2, 0.25) is 0 Å². The zero-order valence-electron chi connectivity index (χ0n) is 11.0. The second-order valence-electron chi connectivity index (χ2n) is 5.90. The number of halogens is 1. The number of fused-ring (bicyclic) bond motifs is 1. The molecular weight excluding hydrogens is 288 g/mol. The molecule has 3 heteroatoms. The van der Waals surface area contributed by atoms with E-state index < -0.39 is 0 Å². The highest BCUT2D eigenvalue weighted by Crippen LogP contribution is 2.43. The van der Waals surface area contributed by atoms with Gasteiger partial charge in [0, 0.05) is 30.0 Å². The predicted molar refractivity (Wildman–Crippen MR) is 81.4 cm³/mol. The molecule has 0 radical (unpaired) electrons. The van der Waals surface area contributed by atoms with Crippen LogP contribution in [0.1, 0.15) is 32.1 Å². The van der Waals surface area contributed by atoms with E-state index in [9.17, 15) is 0 Å². The Morgan fingerprint density at radius 1 is 1.22 bits per heavy atom. The van der Waals surface area contributed by atoms with Gasteiger partial charge in [0.15, 0.2) is 0 Å². The van der Waals surface area contributed by atoms with Crippen LogP contribution in [0.15, 0.2) is 22.7 Å². The summed E-state index contributed by atoms with van der Waals surface area (Å²) in [4.78, 5) is 2.44. The Kier molecular flexibility index (Phi) is 3.27. The van der Waals surface area contributed by atoms with Crippen LogP contribution in [0.4, 0.5) is 11.4 Å². The maximum atomic E-state index is 3.70. The van der Waals surface area contributed by atoms with Crippen LogP contribution >= 0.6 is 15.9 Å². The Balaban J connectivity index is 1.92. The van der Waals surface area contributed by atoms with E-state index in [1.54, 1.807) is 0 Å². The number of hydrogen-bond acceptors (Lipinski definition) is 2. The molecule has 1 heterocycles. The molecular formula is C15H21BrN2. The molecule has 0 atom stereocenters. The number of para-hydroxylation sites is 1. The first-order valence-corrected chi connectivity index (χ1v) is 7.73. The summed E-state index contributed by atoms with van der Waals surface area (Å²) in [5.74, 6) is 0. The maximum Gasteiger partial charge on any atom is 0.0722 e. The minimum absolute atomic E-state index is 0.478. The molecule has 1 aliphatic carbocycles. The van der Waals surface area contributed by atoms with Gasteiger partial charge in [0.25, 0.3) is 0 Å². The van der Waals surface area contributed by atoms with Crippen molar-refractivity contribution in [2.45, 2.75) is 32.1 Å². The molecule has 1 aromatic rings. The van der Waals surface area contributed by atoms with Crippen molar-refractivity contribution in [3.63, 3.8) is 0 Å². The third kappa shape index (κ3) is 2.13. The first-order valence-electron chi connectivity index (χ1n) is 6.94. The highest BCUT2D eigenvalue weighted by molar-refractivity contribution is 9.10. The van der Waals surface area contributed by atoms with Crippen LogP contribution in [0.5, 0.6) is 0 Å². The molecule has 3 rings (SSSR count). The average molecular weight is 309 g/mol. The van der Waals surface area contributed by atoms with Gasteiger partial charge in [-0.2, -0.15) is 0 Å². The highest BCUT2D eigenvalue weighted by atomic mass is 79.9. The number of nitrogens with zero attached hydrogens (tertiary/aromatic N) is 1. The highest BCUT2D eigenvalue weighted by Gasteiger charge is 2.35. The van der Waals surface area contributed by atoms with Crippen LogP contribution < -0.4 is 10.2 Å². The van der Waals surface area contributed by atoms with Gasteiger partial charge in [-0.1, -0.05) is 25.3 Å². The molecule has 1 fully saturated rings. The van der Waals surface area contributed by atoms with Crippen LogP contribution in [-0.4, -0.2) is 20.1 Å². The molecule has 0 amide bonds. The first-order chi connectivity index (χ1) is 8.70. The van der Waals surface area contributed by atoms with E-state index in [1.807, 2.05) is 0 Å². The standard InChI is InChI=1S/C15H21BrN2/c1-18-11-15(8-3-2-4-9-15)10-17-14-12(16)6-5-7-13(14)18/h5-7,17H,2-4,8-11H2,1H3. The van der Waals surface area contributed by atoms with Crippen LogP contribution in [0.3, 0.4) is 0 Å². The first kappa shape index (κ1) is 12.3. The Morgan fingerprint density at radius 3 is 2.78 bits per heavy atom. The molecule has 0 saturated heterocycles. The Labute approximate surface area is 118 Å². The fourth-order valence-electron chi connectivity index (χ4n) is 3.56. The molecule has 1 aromatic carbocycles.